The average Bonchev–Trinajstić information content (AvgIpc) is 2.20. The standard InChI is InChI=1S/C10H17NO6/c1-2-3-7(10(16)17)11(6-9(14)15)5-4-8(12)13/h7H,2-6H2,1H3,(H,12,13)(H,14,15)(H,16,17). The van der Waals surface area contributed by atoms with Gasteiger partial charge in [0, 0.05) is 6.54 Å². The van der Waals surface area contributed by atoms with Crippen LogP contribution >= 0.6 is 0 Å². The molecule has 0 bridgehead atoms. The summed E-state index contributed by atoms with van der Waals surface area (Å²) in [4.78, 5) is 33.2. The first-order chi connectivity index (χ1) is 7.88. The summed E-state index contributed by atoms with van der Waals surface area (Å²) >= 11 is 0. The fourth-order valence-electron chi connectivity index (χ4n) is 1.49. The largest absolute Gasteiger partial charge is 0.481 e. The van der Waals surface area contributed by atoms with Gasteiger partial charge in [-0.05, 0) is 6.42 Å². The first-order valence-corrected chi connectivity index (χ1v) is 5.28. The van der Waals surface area contributed by atoms with E-state index in [1.807, 2.05) is 0 Å². The second-order valence-electron chi connectivity index (χ2n) is 3.65. The van der Waals surface area contributed by atoms with Gasteiger partial charge in [0.15, 0.2) is 0 Å². The van der Waals surface area contributed by atoms with Crippen molar-refractivity contribution in [2.45, 2.75) is 32.2 Å². The van der Waals surface area contributed by atoms with Crippen LogP contribution in [0.3, 0.4) is 0 Å². The van der Waals surface area contributed by atoms with Crippen LogP contribution in [-0.2, 0) is 14.4 Å². The lowest BCUT2D eigenvalue weighted by atomic mass is 10.1. The summed E-state index contributed by atoms with van der Waals surface area (Å²) in [5.41, 5.74) is 0. The first-order valence-electron chi connectivity index (χ1n) is 5.28. The smallest absolute Gasteiger partial charge is 0.320 e. The summed E-state index contributed by atoms with van der Waals surface area (Å²) < 4.78 is 0. The van der Waals surface area contributed by atoms with Crippen molar-refractivity contribution in [2.24, 2.45) is 0 Å². The molecule has 0 aromatic carbocycles. The Morgan fingerprint density at radius 2 is 1.71 bits per heavy atom. The van der Waals surface area contributed by atoms with Crippen molar-refractivity contribution < 1.29 is 29.7 Å². The third kappa shape index (κ3) is 6.52. The molecule has 0 aliphatic carbocycles. The molecule has 98 valence electrons. The summed E-state index contributed by atoms with van der Waals surface area (Å²) in [6, 6.07) is -0.949. The Labute approximate surface area is 98.7 Å². The van der Waals surface area contributed by atoms with Gasteiger partial charge in [0.1, 0.15) is 6.04 Å². The van der Waals surface area contributed by atoms with Gasteiger partial charge in [0.2, 0.25) is 0 Å². The molecule has 0 aromatic heterocycles. The van der Waals surface area contributed by atoms with Gasteiger partial charge in [0.25, 0.3) is 0 Å². The van der Waals surface area contributed by atoms with E-state index in [0.29, 0.717) is 12.8 Å². The van der Waals surface area contributed by atoms with Crippen molar-refractivity contribution in [1.82, 2.24) is 4.90 Å². The lowest BCUT2D eigenvalue weighted by Crippen LogP contribution is -2.44. The molecule has 0 aromatic rings. The van der Waals surface area contributed by atoms with E-state index in [-0.39, 0.29) is 13.0 Å². The Kier molecular flexibility index (Phi) is 6.88. The zero-order chi connectivity index (χ0) is 13.4. The molecule has 1 atom stereocenters. The van der Waals surface area contributed by atoms with Crippen LogP contribution in [0.2, 0.25) is 0 Å². The Hall–Kier alpha value is -1.63. The van der Waals surface area contributed by atoms with Gasteiger partial charge >= 0.3 is 17.9 Å². The van der Waals surface area contributed by atoms with E-state index in [1.54, 1.807) is 6.92 Å². The monoisotopic (exact) mass is 247 g/mol. The fraction of sp³-hybridized carbons (Fsp3) is 0.700. The Bertz CT molecular complexity index is 291. The van der Waals surface area contributed by atoms with Gasteiger partial charge in [0.05, 0.1) is 13.0 Å². The molecule has 0 fully saturated rings. The number of hydrogen-bond acceptors (Lipinski definition) is 4. The van der Waals surface area contributed by atoms with E-state index < -0.39 is 30.5 Å². The van der Waals surface area contributed by atoms with Gasteiger partial charge < -0.3 is 15.3 Å². The Balaban J connectivity index is 4.65. The topological polar surface area (TPSA) is 115 Å². The molecular formula is C10H17NO6. The van der Waals surface area contributed by atoms with Crippen molar-refractivity contribution >= 4 is 17.9 Å². The quantitative estimate of drug-likeness (QED) is 0.529. The van der Waals surface area contributed by atoms with E-state index in [4.69, 9.17) is 15.3 Å². The van der Waals surface area contributed by atoms with Crippen LogP contribution in [-0.4, -0.2) is 57.3 Å². The molecule has 0 saturated heterocycles. The highest BCUT2D eigenvalue weighted by atomic mass is 16.4. The molecule has 7 nitrogen and oxygen atoms in total. The third-order valence-electron chi connectivity index (χ3n) is 2.24. The second kappa shape index (κ2) is 7.61. The molecule has 3 N–H and O–H groups in total. The molecule has 0 rings (SSSR count). The number of carboxylic acid groups (broad SMARTS) is 3. The van der Waals surface area contributed by atoms with Crippen LogP contribution < -0.4 is 0 Å². The van der Waals surface area contributed by atoms with Crippen LogP contribution in [0.5, 0.6) is 0 Å². The third-order valence-corrected chi connectivity index (χ3v) is 2.24. The van der Waals surface area contributed by atoms with Crippen molar-refractivity contribution in [3.63, 3.8) is 0 Å². The Morgan fingerprint density at radius 3 is 2.06 bits per heavy atom. The average molecular weight is 247 g/mol. The number of aliphatic carboxylic acids is 3. The van der Waals surface area contributed by atoms with E-state index in [9.17, 15) is 14.4 Å². The highest BCUT2D eigenvalue weighted by Gasteiger charge is 2.26. The number of hydrogen-bond donors (Lipinski definition) is 3. The predicted molar refractivity (Wildman–Crippen MR) is 57.8 cm³/mol. The molecule has 0 saturated carbocycles. The SMILES string of the molecule is CCCC(C(=O)O)N(CCC(=O)O)CC(=O)O. The molecule has 0 aliphatic heterocycles. The summed E-state index contributed by atoms with van der Waals surface area (Å²) in [6.45, 7) is 1.23. The van der Waals surface area contributed by atoms with Crippen LogP contribution in [0, 0.1) is 0 Å². The molecule has 0 amide bonds. The lowest BCUT2D eigenvalue weighted by Gasteiger charge is -2.26. The minimum Gasteiger partial charge on any atom is -0.481 e. The maximum absolute atomic E-state index is 11.0. The van der Waals surface area contributed by atoms with Crippen LogP contribution in [0.25, 0.3) is 0 Å². The molecular weight excluding hydrogens is 230 g/mol. The van der Waals surface area contributed by atoms with Crippen molar-refractivity contribution in [3.8, 4) is 0 Å². The van der Waals surface area contributed by atoms with E-state index in [0.717, 1.165) is 0 Å². The maximum Gasteiger partial charge on any atom is 0.320 e. The summed E-state index contributed by atoms with van der Waals surface area (Å²) in [7, 11) is 0. The van der Waals surface area contributed by atoms with E-state index in [1.165, 1.54) is 4.90 Å². The number of rotatable bonds is 9. The molecule has 0 heterocycles. The zero-order valence-corrected chi connectivity index (χ0v) is 9.63. The van der Waals surface area contributed by atoms with Gasteiger partial charge in [-0.2, -0.15) is 0 Å². The Morgan fingerprint density at radius 1 is 1.12 bits per heavy atom. The summed E-state index contributed by atoms with van der Waals surface area (Å²) in [5.74, 6) is -3.38. The van der Waals surface area contributed by atoms with Crippen molar-refractivity contribution in [1.29, 1.82) is 0 Å². The summed E-state index contributed by atoms with van der Waals surface area (Å²) in [5, 5.41) is 26.2. The van der Waals surface area contributed by atoms with Gasteiger partial charge in [-0.25, -0.2) is 0 Å². The number of carbonyl (C=O) groups is 3. The number of carboxylic acids is 3. The minimum atomic E-state index is -1.17. The minimum absolute atomic E-state index is 0.0847. The van der Waals surface area contributed by atoms with Gasteiger partial charge in [-0.3, -0.25) is 19.3 Å². The van der Waals surface area contributed by atoms with Crippen molar-refractivity contribution in [2.75, 3.05) is 13.1 Å². The molecule has 0 radical (unpaired) electrons. The zero-order valence-electron chi connectivity index (χ0n) is 9.63. The predicted octanol–water partition coefficient (Wildman–Crippen LogP) is 0.101. The van der Waals surface area contributed by atoms with Gasteiger partial charge in [-0.15, -0.1) is 0 Å². The molecule has 0 aliphatic rings. The first kappa shape index (κ1) is 15.4. The summed E-state index contributed by atoms with van der Waals surface area (Å²) in [6.07, 6.45) is 0.600. The second-order valence-corrected chi connectivity index (χ2v) is 3.65. The highest BCUT2D eigenvalue weighted by Crippen LogP contribution is 2.08. The maximum atomic E-state index is 11.0. The highest BCUT2D eigenvalue weighted by molar-refractivity contribution is 5.75. The van der Waals surface area contributed by atoms with Crippen molar-refractivity contribution in [3.05, 3.63) is 0 Å². The molecule has 0 spiro atoms. The van der Waals surface area contributed by atoms with Crippen LogP contribution in [0.1, 0.15) is 26.2 Å². The fourth-order valence-corrected chi connectivity index (χ4v) is 1.49. The number of nitrogens with zero attached hydrogens (tertiary/aromatic N) is 1. The molecule has 1 unspecified atom stereocenters. The molecule has 7 heteroatoms. The van der Waals surface area contributed by atoms with E-state index >= 15 is 0 Å². The van der Waals surface area contributed by atoms with Gasteiger partial charge in [-0.1, -0.05) is 13.3 Å². The normalized spacial score (nSPS) is 12.4. The van der Waals surface area contributed by atoms with E-state index in [2.05, 4.69) is 0 Å². The van der Waals surface area contributed by atoms with Crippen LogP contribution in [0.15, 0.2) is 0 Å². The van der Waals surface area contributed by atoms with Crippen LogP contribution in [0.4, 0.5) is 0 Å². The lowest BCUT2D eigenvalue weighted by molar-refractivity contribution is -0.148. The molecule has 17 heavy (non-hydrogen) atoms.